The molecule has 0 fully saturated rings. The Morgan fingerprint density at radius 3 is 2.95 bits per heavy atom. The van der Waals surface area contributed by atoms with E-state index in [2.05, 4.69) is 26.2 Å². The van der Waals surface area contributed by atoms with Crippen molar-refractivity contribution in [1.82, 2.24) is 4.98 Å². The molecule has 0 saturated carbocycles. The number of hydrogen-bond acceptors (Lipinski definition) is 2. The average Bonchev–Trinajstić information content (AvgIpc) is 2.41. The van der Waals surface area contributed by atoms with E-state index in [1.807, 2.05) is 24.3 Å². The van der Waals surface area contributed by atoms with Gasteiger partial charge in [0.15, 0.2) is 0 Å². The summed E-state index contributed by atoms with van der Waals surface area (Å²) < 4.78 is 0.946. The number of benzene rings is 1. The van der Waals surface area contributed by atoms with Crippen LogP contribution in [0.5, 0.6) is 0 Å². The fourth-order valence-corrected chi connectivity index (χ4v) is 3.44. The second kappa shape index (κ2) is 5.62. The molecular weight excluding hydrogens is 340 g/mol. The molecule has 0 spiro atoms. The van der Waals surface area contributed by atoms with Gasteiger partial charge in [0.2, 0.25) is 5.56 Å². The molecule has 0 radical (unpaired) electrons. The van der Waals surface area contributed by atoms with E-state index in [9.17, 15) is 4.79 Å². The van der Waals surface area contributed by atoms with Crippen molar-refractivity contribution in [2.24, 2.45) is 0 Å². The van der Waals surface area contributed by atoms with Gasteiger partial charge in [0.1, 0.15) is 0 Å². The normalized spacial score (nSPS) is 17.6. The van der Waals surface area contributed by atoms with Crippen LogP contribution in [0.25, 0.3) is 0 Å². The van der Waals surface area contributed by atoms with E-state index in [0.717, 1.165) is 35.1 Å². The highest BCUT2D eigenvalue weighted by Crippen LogP contribution is 2.34. The van der Waals surface area contributed by atoms with Crippen molar-refractivity contribution in [2.75, 3.05) is 5.32 Å². The zero-order valence-corrected chi connectivity index (χ0v) is 13.1. The molecule has 1 aliphatic rings. The van der Waals surface area contributed by atoms with E-state index in [1.54, 1.807) is 6.07 Å². The first-order valence-electron chi connectivity index (χ1n) is 6.57. The summed E-state index contributed by atoms with van der Waals surface area (Å²) in [5.74, 6) is 0. The van der Waals surface area contributed by atoms with Crippen LogP contribution in [0.3, 0.4) is 0 Å². The Morgan fingerprint density at radius 2 is 2.15 bits per heavy atom. The zero-order valence-electron chi connectivity index (χ0n) is 10.7. The van der Waals surface area contributed by atoms with Crippen LogP contribution in [0.4, 0.5) is 5.69 Å². The summed E-state index contributed by atoms with van der Waals surface area (Å²) in [4.78, 5) is 14.3. The van der Waals surface area contributed by atoms with E-state index < -0.39 is 0 Å². The third-order valence-corrected chi connectivity index (χ3v) is 4.48. The van der Waals surface area contributed by atoms with Gasteiger partial charge < -0.3 is 10.3 Å². The van der Waals surface area contributed by atoms with Crippen LogP contribution in [-0.2, 0) is 6.42 Å². The van der Waals surface area contributed by atoms with Crippen LogP contribution in [0.15, 0.2) is 39.6 Å². The summed E-state index contributed by atoms with van der Waals surface area (Å²) in [6.45, 7) is 0. The van der Waals surface area contributed by atoms with Crippen molar-refractivity contribution in [2.45, 2.75) is 25.3 Å². The molecule has 5 heteroatoms. The van der Waals surface area contributed by atoms with Crippen LogP contribution in [0.1, 0.15) is 30.1 Å². The Kier molecular flexibility index (Phi) is 3.85. The Balaban J connectivity index is 1.91. The minimum Gasteiger partial charge on any atom is -0.377 e. The summed E-state index contributed by atoms with van der Waals surface area (Å²) in [5, 5.41) is 4.23. The van der Waals surface area contributed by atoms with E-state index in [4.69, 9.17) is 11.6 Å². The molecule has 0 bridgehead atoms. The van der Waals surface area contributed by atoms with Gasteiger partial charge in [0, 0.05) is 26.9 Å². The van der Waals surface area contributed by atoms with Gasteiger partial charge in [-0.05, 0) is 65.0 Å². The number of halogens is 2. The molecule has 1 aromatic heterocycles. The summed E-state index contributed by atoms with van der Waals surface area (Å²) in [7, 11) is 0. The predicted molar refractivity (Wildman–Crippen MR) is 85.5 cm³/mol. The predicted octanol–water partition coefficient (Wildman–Crippen LogP) is 4.28. The minimum absolute atomic E-state index is 0.0305. The summed E-state index contributed by atoms with van der Waals surface area (Å²) in [5.41, 5.74) is 3.21. The number of H-pyrrole nitrogens is 1. The molecule has 3 rings (SSSR count). The smallest absolute Gasteiger partial charge is 0.248 e. The molecule has 20 heavy (non-hydrogen) atoms. The van der Waals surface area contributed by atoms with Crippen molar-refractivity contribution in [3.05, 3.63) is 61.4 Å². The number of fused-ring (bicyclic) bond motifs is 1. The molecule has 0 aliphatic heterocycles. The molecule has 1 aliphatic carbocycles. The second-order valence-corrected chi connectivity index (χ2v) is 6.26. The number of rotatable bonds is 2. The Labute approximate surface area is 130 Å². The fourth-order valence-electron chi connectivity index (χ4n) is 2.64. The summed E-state index contributed by atoms with van der Waals surface area (Å²) in [6.07, 6.45) is 3.05. The van der Waals surface area contributed by atoms with Gasteiger partial charge in [-0.1, -0.05) is 11.6 Å². The van der Waals surface area contributed by atoms with Crippen LogP contribution < -0.4 is 10.9 Å². The molecule has 1 heterocycles. The first-order valence-corrected chi connectivity index (χ1v) is 7.74. The molecule has 1 unspecified atom stereocenters. The van der Waals surface area contributed by atoms with Crippen LogP contribution in [0.2, 0.25) is 5.02 Å². The molecular formula is C15H14BrClN2O. The van der Waals surface area contributed by atoms with Gasteiger partial charge in [0.25, 0.3) is 0 Å². The standard InChI is InChI=1S/C15H14BrClN2O/c16-11-8-9(17)4-6-14(11)18-12-2-1-3-13-10(12)5-7-15(20)19-13/h4-8,12,18H,1-3H2,(H,19,20). The lowest BCUT2D eigenvalue weighted by molar-refractivity contribution is 0.586. The first-order chi connectivity index (χ1) is 9.63. The quantitative estimate of drug-likeness (QED) is 0.846. The third kappa shape index (κ3) is 2.76. The zero-order chi connectivity index (χ0) is 14.1. The molecule has 104 valence electrons. The van der Waals surface area contributed by atoms with E-state index in [-0.39, 0.29) is 11.6 Å². The van der Waals surface area contributed by atoms with Crippen LogP contribution >= 0.6 is 27.5 Å². The maximum absolute atomic E-state index is 11.4. The summed E-state index contributed by atoms with van der Waals surface area (Å²) >= 11 is 9.48. The lowest BCUT2D eigenvalue weighted by atomic mass is 9.91. The van der Waals surface area contributed by atoms with Crippen molar-refractivity contribution in [3.8, 4) is 0 Å². The molecule has 3 nitrogen and oxygen atoms in total. The highest BCUT2D eigenvalue weighted by atomic mass is 79.9. The molecule has 0 amide bonds. The van der Waals surface area contributed by atoms with Crippen LogP contribution in [0, 0.1) is 0 Å². The highest BCUT2D eigenvalue weighted by Gasteiger charge is 2.21. The lowest BCUT2D eigenvalue weighted by Crippen LogP contribution is -2.21. The summed E-state index contributed by atoms with van der Waals surface area (Å²) in [6, 6.07) is 9.44. The first kappa shape index (κ1) is 13.7. The largest absolute Gasteiger partial charge is 0.377 e. The van der Waals surface area contributed by atoms with Gasteiger partial charge in [0.05, 0.1) is 6.04 Å². The van der Waals surface area contributed by atoms with Crippen molar-refractivity contribution < 1.29 is 0 Å². The molecule has 2 N–H and O–H groups in total. The molecule has 1 atom stereocenters. The average molecular weight is 354 g/mol. The van der Waals surface area contributed by atoms with Crippen molar-refractivity contribution >= 4 is 33.2 Å². The second-order valence-electron chi connectivity index (χ2n) is 4.97. The molecule has 1 aromatic carbocycles. The third-order valence-electron chi connectivity index (χ3n) is 3.59. The Hall–Kier alpha value is -1.26. The van der Waals surface area contributed by atoms with Crippen molar-refractivity contribution in [1.29, 1.82) is 0 Å². The molecule has 2 aromatic rings. The van der Waals surface area contributed by atoms with Crippen LogP contribution in [-0.4, -0.2) is 4.98 Å². The SMILES string of the molecule is O=c1ccc2c([nH]1)CCCC2Nc1ccc(Cl)cc1Br. The number of aromatic nitrogens is 1. The maximum Gasteiger partial charge on any atom is 0.248 e. The Morgan fingerprint density at radius 1 is 1.30 bits per heavy atom. The molecule has 0 saturated heterocycles. The number of nitrogens with one attached hydrogen (secondary N) is 2. The number of hydrogen-bond donors (Lipinski definition) is 2. The monoisotopic (exact) mass is 352 g/mol. The number of aromatic amines is 1. The van der Waals surface area contributed by atoms with Gasteiger partial charge in [-0.2, -0.15) is 0 Å². The fraction of sp³-hybridized carbons (Fsp3) is 0.267. The van der Waals surface area contributed by atoms with Crippen molar-refractivity contribution in [3.63, 3.8) is 0 Å². The highest BCUT2D eigenvalue weighted by molar-refractivity contribution is 9.10. The lowest BCUT2D eigenvalue weighted by Gasteiger charge is -2.27. The Bertz CT molecular complexity index is 699. The topological polar surface area (TPSA) is 44.9 Å². The van der Waals surface area contributed by atoms with E-state index in [1.165, 1.54) is 5.56 Å². The van der Waals surface area contributed by atoms with Gasteiger partial charge in [-0.3, -0.25) is 4.79 Å². The van der Waals surface area contributed by atoms with E-state index >= 15 is 0 Å². The minimum atomic E-state index is -0.0305. The maximum atomic E-state index is 11.4. The van der Waals surface area contributed by atoms with Gasteiger partial charge in [-0.15, -0.1) is 0 Å². The van der Waals surface area contributed by atoms with Gasteiger partial charge in [-0.25, -0.2) is 0 Å². The number of aryl methyl sites for hydroxylation is 1. The number of pyridine rings is 1. The van der Waals surface area contributed by atoms with E-state index in [0.29, 0.717) is 5.02 Å². The number of anilines is 1. The van der Waals surface area contributed by atoms with Gasteiger partial charge >= 0.3 is 0 Å².